The van der Waals surface area contributed by atoms with Gasteiger partial charge in [-0.1, -0.05) is 42.8 Å². The Bertz CT molecular complexity index is 1340. The monoisotopic (exact) mass is 537 g/mol. The summed E-state index contributed by atoms with van der Waals surface area (Å²) in [6.07, 6.45) is 1.03. The van der Waals surface area contributed by atoms with Crippen molar-refractivity contribution in [3.05, 3.63) is 81.9 Å². The molecule has 0 saturated carbocycles. The first-order chi connectivity index (χ1) is 18.4. The van der Waals surface area contributed by atoms with Crippen molar-refractivity contribution in [2.45, 2.75) is 32.2 Å². The van der Waals surface area contributed by atoms with Gasteiger partial charge in [-0.15, -0.1) is 0 Å². The molecule has 0 aliphatic carbocycles. The van der Waals surface area contributed by atoms with E-state index in [0.29, 0.717) is 28.0 Å². The summed E-state index contributed by atoms with van der Waals surface area (Å²) < 4.78 is 22.0. The highest BCUT2D eigenvalue weighted by molar-refractivity contribution is 6.30. The van der Waals surface area contributed by atoms with E-state index in [9.17, 15) is 9.59 Å². The van der Waals surface area contributed by atoms with Gasteiger partial charge in [0, 0.05) is 27.8 Å². The molecule has 3 aromatic carbocycles. The summed E-state index contributed by atoms with van der Waals surface area (Å²) in [5, 5.41) is 0.518. The fourth-order valence-electron chi connectivity index (χ4n) is 5.11. The van der Waals surface area contributed by atoms with Crippen molar-refractivity contribution in [2.75, 3.05) is 33.3 Å². The summed E-state index contributed by atoms with van der Waals surface area (Å²) in [6, 6.07) is 16.9. The second-order valence-electron chi connectivity index (χ2n) is 9.07. The minimum Gasteiger partial charge on any atom is -0.496 e. The van der Waals surface area contributed by atoms with Crippen LogP contribution in [0.1, 0.15) is 41.5 Å². The van der Waals surface area contributed by atoms with Crippen molar-refractivity contribution >= 4 is 29.2 Å². The Morgan fingerprint density at radius 1 is 0.947 bits per heavy atom. The van der Waals surface area contributed by atoms with Gasteiger partial charge in [0.15, 0.2) is 11.5 Å². The topological polar surface area (TPSA) is 74.3 Å². The first-order valence-electron chi connectivity index (χ1n) is 12.4. The Morgan fingerprint density at radius 2 is 1.71 bits per heavy atom. The number of para-hydroxylation sites is 1. The quantitative estimate of drug-likeness (QED) is 0.267. The Morgan fingerprint density at radius 3 is 2.37 bits per heavy atom. The molecule has 1 heterocycles. The van der Waals surface area contributed by atoms with Crippen LogP contribution in [0.3, 0.4) is 0 Å². The van der Waals surface area contributed by atoms with Gasteiger partial charge >= 0.3 is 5.97 Å². The van der Waals surface area contributed by atoms with E-state index in [1.165, 1.54) is 7.11 Å². The summed E-state index contributed by atoms with van der Waals surface area (Å²) in [5.74, 6) is -0.643. The maximum absolute atomic E-state index is 14.1. The van der Waals surface area contributed by atoms with Crippen LogP contribution in [0, 0.1) is 5.92 Å². The number of carbonyl (C=O) groups is 2. The lowest BCUT2D eigenvalue weighted by Crippen LogP contribution is -2.39. The van der Waals surface area contributed by atoms with Crippen LogP contribution in [0.5, 0.6) is 17.2 Å². The molecule has 2 unspecified atom stereocenters. The minimum atomic E-state index is -1.05. The molecular formula is C30H32ClNO6. The molecule has 0 fully saturated rings. The van der Waals surface area contributed by atoms with E-state index >= 15 is 0 Å². The van der Waals surface area contributed by atoms with Gasteiger partial charge < -0.3 is 23.8 Å². The van der Waals surface area contributed by atoms with Crippen molar-refractivity contribution < 1.29 is 28.5 Å². The van der Waals surface area contributed by atoms with Gasteiger partial charge in [-0.3, -0.25) is 9.59 Å². The number of benzene rings is 3. The molecule has 0 bridgehead atoms. The highest BCUT2D eigenvalue weighted by Crippen LogP contribution is 2.47. The average Bonchev–Trinajstić information content (AvgIpc) is 3.06. The third kappa shape index (κ3) is 5.16. The second kappa shape index (κ2) is 11.8. The number of ether oxygens (including phenoxy) is 4. The predicted molar refractivity (Wildman–Crippen MR) is 147 cm³/mol. The highest BCUT2D eigenvalue weighted by Gasteiger charge is 2.41. The fraction of sp³-hybridized carbons (Fsp3) is 0.333. The number of hydrogen-bond acceptors (Lipinski definition) is 6. The minimum absolute atomic E-state index is 0.171. The van der Waals surface area contributed by atoms with Gasteiger partial charge in [0.25, 0.3) is 0 Å². The number of halogens is 1. The molecule has 8 heteroatoms. The lowest BCUT2D eigenvalue weighted by Gasteiger charge is -2.26. The zero-order valence-corrected chi connectivity index (χ0v) is 23.0. The van der Waals surface area contributed by atoms with E-state index in [1.807, 2.05) is 42.5 Å². The van der Waals surface area contributed by atoms with Crippen LogP contribution >= 0.6 is 11.6 Å². The number of hydrogen-bond donors (Lipinski definition) is 0. The Kier molecular flexibility index (Phi) is 8.47. The number of aryl methyl sites for hydroxylation is 1. The Balaban J connectivity index is 1.93. The number of amides is 1. The van der Waals surface area contributed by atoms with Gasteiger partial charge in [-0.05, 0) is 54.3 Å². The van der Waals surface area contributed by atoms with Crippen LogP contribution < -0.4 is 19.1 Å². The number of anilines is 1. The molecule has 1 amide bonds. The van der Waals surface area contributed by atoms with Crippen molar-refractivity contribution in [3.63, 3.8) is 0 Å². The summed E-state index contributed by atoms with van der Waals surface area (Å²) in [6.45, 7) is 2.27. The molecule has 0 radical (unpaired) electrons. The Labute approximate surface area is 228 Å². The molecule has 0 spiro atoms. The van der Waals surface area contributed by atoms with Crippen molar-refractivity contribution in [1.82, 2.24) is 0 Å². The number of methoxy groups -OCH3 is 4. The van der Waals surface area contributed by atoms with E-state index in [2.05, 4.69) is 6.92 Å². The standard InChI is InChI=1S/C30H32ClNO6/c1-6-18-10-11-19(27(14-18)36-3)17-32-25-13-12-20(31)15-23(25)22(16-24(29(32)33)30(34)38-5)21-8-7-9-26(35-2)28(21)37-4/h7-15,22,24H,6,16-17H2,1-5H3. The van der Waals surface area contributed by atoms with Crippen LogP contribution in [-0.4, -0.2) is 40.3 Å². The van der Waals surface area contributed by atoms with Crippen molar-refractivity contribution in [2.24, 2.45) is 5.92 Å². The predicted octanol–water partition coefficient (Wildman–Crippen LogP) is 5.79. The molecule has 1 aliphatic heterocycles. The van der Waals surface area contributed by atoms with Crippen molar-refractivity contribution in [3.8, 4) is 17.2 Å². The lowest BCUT2D eigenvalue weighted by atomic mass is 9.83. The van der Waals surface area contributed by atoms with E-state index in [0.717, 1.165) is 28.7 Å². The number of carbonyl (C=O) groups excluding carboxylic acids is 2. The normalized spacial score (nSPS) is 16.9. The third-order valence-electron chi connectivity index (χ3n) is 7.07. The molecule has 200 valence electrons. The van der Waals surface area contributed by atoms with E-state index in [1.54, 1.807) is 38.4 Å². The molecule has 3 aromatic rings. The summed E-state index contributed by atoms with van der Waals surface area (Å²) in [5.41, 5.74) is 4.18. The first-order valence-corrected chi connectivity index (χ1v) is 12.8. The van der Waals surface area contributed by atoms with Gasteiger partial charge in [0.05, 0.1) is 35.0 Å². The molecule has 2 atom stereocenters. The van der Waals surface area contributed by atoms with Crippen LogP contribution in [0.4, 0.5) is 5.69 Å². The maximum Gasteiger partial charge on any atom is 0.318 e. The molecule has 0 saturated heterocycles. The third-order valence-corrected chi connectivity index (χ3v) is 7.31. The molecule has 38 heavy (non-hydrogen) atoms. The number of nitrogens with zero attached hydrogens (tertiary/aromatic N) is 1. The van der Waals surface area contributed by atoms with E-state index < -0.39 is 17.8 Å². The fourth-order valence-corrected chi connectivity index (χ4v) is 5.29. The summed E-state index contributed by atoms with van der Waals surface area (Å²) >= 11 is 6.50. The van der Waals surface area contributed by atoms with Crippen LogP contribution in [0.15, 0.2) is 54.6 Å². The second-order valence-corrected chi connectivity index (χ2v) is 9.51. The smallest absolute Gasteiger partial charge is 0.318 e. The largest absolute Gasteiger partial charge is 0.496 e. The van der Waals surface area contributed by atoms with Crippen LogP contribution in [-0.2, 0) is 27.3 Å². The SMILES string of the molecule is CCc1ccc(CN2C(=O)C(C(=O)OC)CC(c3cccc(OC)c3OC)c3cc(Cl)ccc32)c(OC)c1. The van der Waals surface area contributed by atoms with Gasteiger partial charge in [0.1, 0.15) is 11.7 Å². The zero-order chi connectivity index (χ0) is 27.4. The van der Waals surface area contributed by atoms with Gasteiger partial charge in [0.2, 0.25) is 5.91 Å². The molecule has 1 aliphatic rings. The molecular weight excluding hydrogens is 506 g/mol. The number of esters is 1. The lowest BCUT2D eigenvalue weighted by molar-refractivity contribution is -0.149. The molecule has 4 rings (SSSR count). The zero-order valence-electron chi connectivity index (χ0n) is 22.2. The van der Waals surface area contributed by atoms with Gasteiger partial charge in [-0.25, -0.2) is 0 Å². The van der Waals surface area contributed by atoms with Crippen LogP contribution in [0.25, 0.3) is 0 Å². The molecule has 0 N–H and O–H groups in total. The molecule has 7 nitrogen and oxygen atoms in total. The number of rotatable bonds is 8. The van der Waals surface area contributed by atoms with Crippen molar-refractivity contribution in [1.29, 1.82) is 0 Å². The van der Waals surface area contributed by atoms with E-state index in [-0.39, 0.29) is 18.9 Å². The number of fused-ring (bicyclic) bond motifs is 1. The van der Waals surface area contributed by atoms with E-state index in [4.69, 9.17) is 30.5 Å². The summed E-state index contributed by atoms with van der Waals surface area (Å²) in [7, 11) is 6.04. The van der Waals surface area contributed by atoms with Gasteiger partial charge in [-0.2, -0.15) is 0 Å². The maximum atomic E-state index is 14.1. The van der Waals surface area contributed by atoms with Crippen LogP contribution in [0.2, 0.25) is 5.02 Å². The highest BCUT2D eigenvalue weighted by atomic mass is 35.5. The Hall–Kier alpha value is -3.71. The average molecular weight is 538 g/mol. The summed E-state index contributed by atoms with van der Waals surface area (Å²) in [4.78, 5) is 28.7. The first kappa shape index (κ1) is 27.3. The molecule has 0 aromatic heterocycles.